The SMILES string of the molecule is Cc1cc(C#CCN)ccc1OCC1CCCO1. The minimum atomic E-state index is 0.251. The molecular weight excluding hydrogens is 226 g/mol. The monoisotopic (exact) mass is 245 g/mol. The summed E-state index contributed by atoms with van der Waals surface area (Å²) in [5.41, 5.74) is 7.42. The van der Waals surface area contributed by atoms with Gasteiger partial charge in [-0.15, -0.1) is 0 Å². The van der Waals surface area contributed by atoms with Gasteiger partial charge in [0.1, 0.15) is 12.4 Å². The van der Waals surface area contributed by atoms with Crippen LogP contribution in [-0.4, -0.2) is 25.9 Å². The summed E-state index contributed by atoms with van der Waals surface area (Å²) in [6.07, 6.45) is 2.49. The van der Waals surface area contributed by atoms with Crippen LogP contribution in [0.3, 0.4) is 0 Å². The number of aryl methyl sites for hydroxylation is 1. The first-order valence-electron chi connectivity index (χ1n) is 6.33. The molecule has 3 nitrogen and oxygen atoms in total. The van der Waals surface area contributed by atoms with Gasteiger partial charge in [0.25, 0.3) is 0 Å². The average molecular weight is 245 g/mol. The van der Waals surface area contributed by atoms with Crippen molar-refractivity contribution in [2.45, 2.75) is 25.9 Å². The largest absolute Gasteiger partial charge is 0.491 e. The molecule has 1 fully saturated rings. The third-order valence-corrected chi connectivity index (χ3v) is 2.96. The summed E-state index contributed by atoms with van der Waals surface area (Å²) in [4.78, 5) is 0. The van der Waals surface area contributed by atoms with Crippen molar-refractivity contribution in [1.29, 1.82) is 0 Å². The first kappa shape index (κ1) is 12.9. The van der Waals surface area contributed by atoms with Crippen LogP contribution in [0, 0.1) is 18.8 Å². The highest BCUT2D eigenvalue weighted by atomic mass is 16.5. The van der Waals surface area contributed by atoms with Gasteiger partial charge in [-0.3, -0.25) is 0 Å². The van der Waals surface area contributed by atoms with Crippen LogP contribution in [0.1, 0.15) is 24.0 Å². The van der Waals surface area contributed by atoms with Crippen molar-refractivity contribution in [2.75, 3.05) is 19.8 Å². The molecule has 96 valence electrons. The predicted molar refractivity (Wildman–Crippen MR) is 71.6 cm³/mol. The van der Waals surface area contributed by atoms with Crippen molar-refractivity contribution in [2.24, 2.45) is 5.73 Å². The fourth-order valence-electron chi connectivity index (χ4n) is 2.00. The number of ether oxygens (including phenoxy) is 2. The number of hydrogen-bond donors (Lipinski definition) is 1. The topological polar surface area (TPSA) is 44.5 Å². The summed E-state index contributed by atoms with van der Waals surface area (Å²) in [5, 5.41) is 0. The highest BCUT2D eigenvalue weighted by Crippen LogP contribution is 2.20. The molecule has 1 unspecified atom stereocenters. The highest BCUT2D eigenvalue weighted by molar-refractivity contribution is 5.43. The van der Waals surface area contributed by atoms with E-state index >= 15 is 0 Å². The molecule has 1 heterocycles. The Morgan fingerprint density at radius 1 is 1.50 bits per heavy atom. The molecule has 1 aromatic rings. The van der Waals surface area contributed by atoms with Crippen molar-refractivity contribution >= 4 is 0 Å². The molecule has 0 amide bonds. The van der Waals surface area contributed by atoms with Crippen molar-refractivity contribution in [3.05, 3.63) is 29.3 Å². The van der Waals surface area contributed by atoms with E-state index in [0.717, 1.165) is 36.3 Å². The van der Waals surface area contributed by atoms with E-state index in [1.54, 1.807) is 0 Å². The Morgan fingerprint density at radius 2 is 2.39 bits per heavy atom. The van der Waals surface area contributed by atoms with Crippen LogP contribution >= 0.6 is 0 Å². The maximum atomic E-state index is 5.78. The standard InChI is InChI=1S/C15H19NO2/c1-12-10-13(4-2-8-16)6-7-15(12)18-11-14-5-3-9-17-14/h6-7,10,14H,3,5,8-9,11,16H2,1H3. The van der Waals surface area contributed by atoms with Crippen LogP contribution in [-0.2, 0) is 4.74 Å². The van der Waals surface area contributed by atoms with E-state index < -0.39 is 0 Å². The van der Waals surface area contributed by atoms with Crippen LogP contribution in [0.5, 0.6) is 5.75 Å². The van der Waals surface area contributed by atoms with E-state index in [4.69, 9.17) is 15.2 Å². The number of nitrogens with two attached hydrogens (primary N) is 1. The van der Waals surface area contributed by atoms with Gasteiger partial charge in [-0.05, 0) is 43.5 Å². The second kappa shape index (κ2) is 6.44. The second-order valence-corrected chi connectivity index (χ2v) is 4.43. The third kappa shape index (κ3) is 3.49. The molecule has 1 aliphatic rings. The normalized spacial score (nSPS) is 18.2. The number of rotatable bonds is 3. The summed E-state index contributed by atoms with van der Waals surface area (Å²) in [6, 6.07) is 5.94. The van der Waals surface area contributed by atoms with Gasteiger partial charge in [0.05, 0.1) is 12.6 Å². The molecule has 1 aliphatic heterocycles. The fourth-order valence-corrected chi connectivity index (χ4v) is 2.00. The maximum absolute atomic E-state index is 5.78. The molecule has 0 spiro atoms. The minimum absolute atomic E-state index is 0.251. The minimum Gasteiger partial charge on any atom is -0.491 e. The van der Waals surface area contributed by atoms with Gasteiger partial charge in [0.2, 0.25) is 0 Å². The van der Waals surface area contributed by atoms with Gasteiger partial charge < -0.3 is 15.2 Å². The lowest BCUT2D eigenvalue weighted by molar-refractivity contribution is 0.0677. The molecular formula is C15H19NO2. The molecule has 0 bridgehead atoms. The van der Waals surface area contributed by atoms with E-state index in [1.807, 2.05) is 25.1 Å². The molecule has 3 heteroatoms. The Labute approximate surface area is 108 Å². The van der Waals surface area contributed by atoms with Crippen molar-refractivity contribution in [3.8, 4) is 17.6 Å². The molecule has 2 rings (SSSR count). The zero-order valence-corrected chi connectivity index (χ0v) is 10.7. The van der Waals surface area contributed by atoms with Gasteiger partial charge in [0.15, 0.2) is 0 Å². The van der Waals surface area contributed by atoms with Gasteiger partial charge >= 0.3 is 0 Å². The summed E-state index contributed by atoms with van der Waals surface area (Å²) >= 11 is 0. The number of hydrogen-bond acceptors (Lipinski definition) is 3. The summed E-state index contributed by atoms with van der Waals surface area (Å²) in [5.74, 6) is 6.77. The van der Waals surface area contributed by atoms with Gasteiger partial charge in [-0.25, -0.2) is 0 Å². The second-order valence-electron chi connectivity index (χ2n) is 4.43. The zero-order valence-electron chi connectivity index (χ0n) is 10.7. The van der Waals surface area contributed by atoms with Crippen molar-refractivity contribution in [1.82, 2.24) is 0 Å². The van der Waals surface area contributed by atoms with Crippen LogP contribution in [0.15, 0.2) is 18.2 Å². The Morgan fingerprint density at radius 3 is 3.06 bits per heavy atom. The van der Waals surface area contributed by atoms with Gasteiger partial charge in [-0.2, -0.15) is 0 Å². The molecule has 2 N–H and O–H groups in total. The van der Waals surface area contributed by atoms with Crippen LogP contribution in [0.25, 0.3) is 0 Å². The zero-order chi connectivity index (χ0) is 12.8. The van der Waals surface area contributed by atoms with E-state index in [0.29, 0.717) is 13.2 Å². The van der Waals surface area contributed by atoms with E-state index in [2.05, 4.69) is 11.8 Å². The Bertz CT molecular complexity index is 453. The lowest BCUT2D eigenvalue weighted by atomic mass is 10.1. The molecule has 1 saturated heterocycles. The smallest absolute Gasteiger partial charge is 0.122 e. The molecule has 1 atom stereocenters. The van der Waals surface area contributed by atoms with Crippen molar-refractivity contribution < 1.29 is 9.47 Å². The molecule has 18 heavy (non-hydrogen) atoms. The highest BCUT2D eigenvalue weighted by Gasteiger charge is 2.16. The first-order valence-corrected chi connectivity index (χ1v) is 6.33. The third-order valence-electron chi connectivity index (χ3n) is 2.96. The Kier molecular flexibility index (Phi) is 4.63. The molecule has 0 saturated carbocycles. The first-order chi connectivity index (χ1) is 8.79. The maximum Gasteiger partial charge on any atom is 0.122 e. The molecule has 0 aromatic heterocycles. The van der Waals surface area contributed by atoms with Crippen molar-refractivity contribution in [3.63, 3.8) is 0 Å². The van der Waals surface area contributed by atoms with Gasteiger partial charge in [-0.1, -0.05) is 11.8 Å². The van der Waals surface area contributed by atoms with Gasteiger partial charge in [0, 0.05) is 12.2 Å². The molecule has 1 aromatic carbocycles. The lowest BCUT2D eigenvalue weighted by Crippen LogP contribution is -2.16. The molecule has 0 aliphatic carbocycles. The Hall–Kier alpha value is -1.50. The van der Waals surface area contributed by atoms with Crippen LogP contribution in [0.2, 0.25) is 0 Å². The number of benzene rings is 1. The van der Waals surface area contributed by atoms with Crippen LogP contribution < -0.4 is 10.5 Å². The summed E-state index contributed by atoms with van der Waals surface area (Å²) in [7, 11) is 0. The van der Waals surface area contributed by atoms with E-state index in [-0.39, 0.29) is 6.10 Å². The molecule has 0 radical (unpaired) electrons. The van der Waals surface area contributed by atoms with E-state index in [9.17, 15) is 0 Å². The quantitative estimate of drug-likeness (QED) is 0.827. The Balaban J connectivity index is 1.96. The summed E-state index contributed by atoms with van der Waals surface area (Å²) in [6.45, 7) is 3.91. The lowest BCUT2D eigenvalue weighted by Gasteiger charge is -2.13. The summed E-state index contributed by atoms with van der Waals surface area (Å²) < 4.78 is 11.3. The fraction of sp³-hybridized carbons (Fsp3) is 0.467. The average Bonchev–Trinajstić information content (AvgIpc) is 2.88. The van der Waals surface area contributed by atoms with E-state index in [1.165, 1.54) is 0 Å². The van der Waals surface area contributed by atoms with Crippen LogP contribution in [0.4, 0.5) is 0 Å². The predicted octanol–water partition coefficient (Wildman–Crippen LogP) is 1.86.